The fraction of sp³-hybridized carbons (Fsp3) is 0.273. The number of para-hydroxylation sites is 1. The van der Waals surface area contributed by atoms with Crippen LogP contribution < -0.4 is 10.9 Å². The Kier molecular flexibility index (Phi) is 4.75. The minimum atomic E-state index is -0.288. The van der Waals surface area contributed by atoms with E-state index in [1.54, 1.807) is 12.3 Å². The Morgan fingerprint density at radius 2 is 2.20 bits per heavy atom. The summed E-state index contributed by atoms with van der Waals surface area (Å²) >= 11 is 6.19. The van der Waals surface area contributed by atoms with Crippen LogP contribution in [-0.4, -0.2) is 24.5 Å². The summed E-state index contributed by atoms with van der Waals surface area (Å²) in [7, 11) is 0. The topological polar surface area (TPSA) is 88.5 Å². The summed E-state index contributed by atoms with van der Waals surface area (Å²) < 4.78 is 2.14. The molecular formula is C22H21ClN6O. The smallest absolute Gasteiger partial charge is 0.253 e. The molecule has 0 amide bonds. The number of aromatic nitrogens is 5. The highest BCUT2D eigenvalue weighted by atomic mass is 35.5. The van der Waals surface area contributed by atoms with Crippen LogP contribution in [0, 0.1) is 5.92 Å². The zero-order valence-electron chi connectivity index (χ0n) is 16.5. The Morgan fingerprint density at radius 1 is 1.33 bits per heavy atom. The second kappa shape index (κ2) is 7.57. The Morgan fingerprint density at radius 3 is 3.03 bits per heavy atom. The summed E-state index contributed by atoms with van der Waals surface area (Å²) in [5.41, 5.74) is 2.82. The predicted molar refractivity (Wildman–Crippen MR) is 118 cm³/mol. The van der Waals surface area contributed by atoms with Gasteiger partial charge in [-0.1, -0.05) is 23.7 Å². The van der Waals surface area contributed by atoms with Crippen molar-refractivity contribution in [3.8, 4) is 11.4 Å². The fourth-order valence-corrected chi connectivity index (χ4v) is 3.86. The predicted octanol–water partition coefficient (Wildman–Crippen LogP) is 4.42. The third kappa shape index (κ3) is 3.68. The first kappa shape index (κ1) is 18.8. The number of pyridine rings is 1. The number of hydrogen-bond acceptors (Lipinski definition) is 5. The Labute approximate surface area is 178 Å². The highest BCUT2D eigenvalue weighted by molar-refractivity contribution is 6.35. The zero-order chi connectivity index (χ0) is 20.7. The summed E-state index contributed by atoms with van der Waals surface area (Å²) in [4.78, 5) is 28.8. The number of fused-ring (bicyclic) bond motifs is 1. The molecule has 1 saturated carbocycles. The number of aromatic amines is 1. The van der Waals surface area contributed by atoms with Crippen molar-refractivity contribution in [2.24, 2.45) is 5.92 Å². The van der Waals surface area contributed by atoms with E-state index in [1.807, 2.05) is 43.7 Å². The van der Waals surface area contributed by atoms with Crippen molar-refractivity contribution in [3.63, 3.8) is 0 Å². The molecule has 3 aromatic heterocycles. The van der Waals surface area contributed by atoms with Gasteiger partial charge in [-0.05, 0) is 43.9 Å². The molecule has 1 aromatic carbocycles. The van der Waals surface area contributed by atoms with Gasteiger partial charge < -0.3 is 14.9 Å². The lowest BCUT2D eigenvalue weighted by Crippen LogP contribution is -2.20. The number of nitrogens with one attached hydrogen (secondary N) is 2. The van der Waals surface area contributed by atoms with Crippen molar-refractivity contribution < 1.29 is 0 Å². The van der Waals surface area contributed by atoms with E-state index in [1.165, 1.54) is 12.8 Å². The van der Waals surface area contributed by atoms with Gasteiger partial charge in [0.2, 0.25) is 5.95 Å². The van der Waals surface area contributed by atoms with Gasteiger partial charge in [0, 0.05) is 23.7 Å². The van der Waals surface area contributed by atoms with Crippen molar-refractivity contribution >= 4 is 28.5 Å². The van der Waals surface area contributed by atoms with Gasteiger partial charge in [-0.15, -0.1) is 0 Å². The second-order valence-corrected chi connectivity index (χ2v) is 8.17. The molecule has 0 aliphatic heterocycles. The lowest BCUT2D eigenvalue weighted by atomic mass is 10.1. The number of imidazole rings is 1. The standard InChI is InChI=1S/C22H21ClN6O/c1-13(16-9-15-3-2-4-17(23)20(15)28-21(16)30)26-22-25-8-7-18(27-22)19-10-24-12-29(19)11-14-5-6-14/h2-4,7-10,12-14H,5-6,11H2,1H3,(H,28,30)(H,25,26,27)/t13-/m0/s1. The molecule has 1 aliphatic carbocycles. The minimum Gasteiger partial charge on any atom is -0.347 e. The molecule has 0 saturated heterocycles. The summed E-state index contributed by atoms with van der Waals surface area (Å²) in [6, 6.07) is 8.99. The average Bonchev–Trinajstić information content (AvgIpc) is 3.43. The number of hydrogen-bond donors (Lipinski definition) is 2. The molecule has 1 fully saturated rings. The Balaban J connectivity index is 1.42. The maximum absolute atomic E-state index is 12.6. The van der Waals surface area contributed by atoms with Gasteiger partial charge >= 0.3 is 0 Å². The van der Waals surface area contributed by atoms with E-state index in [0.29, 0.717) is 22.1 Å². The first-order valence-electron chi connectivity index (χ1n) is 10.00. The second-order valence-electron chi connectivity index (χ2n) is 7.76. The third-order valence-corrected chi connectivity index (χ3v) is 5.77. The lowest BCUT2D eigenvalue weighted by molar-refractivity contribution is 0.630. The van der Waals surface area contributed by atoms with Crippen LogP contribution in [0.5, 0.6) is 0 Å². The number of benzene rings is 1. The van der Waals surface area contributed by atoms with Gasteiger partial charge in [0.25, 0.3) is 5.56 Å². The van der Waals surface area contributed by atoms with E-state index in [2.05, 4.69) is 29.8 Å². The monoisotopic (exact) mass is 420 g/mol. The summed E-state index contributed by atoms with van der Waals surface area (Å²) in [5.74, 6) is 1.20. The molecule has 1 aliphatic rings. The van der Waals surface area contributed by atoms with E-state index in [4.69, 9.17) is 11.6 Å². The fourth-order valence-electron chi connectivity index (χ4n) is 3.63. The molecule has 4 aromatic rings. The van der Waals surface area contributed by atoms with Crippen molar-refractivity contribution in [1.29, 1.82) is 0 Å². The number of anilines is 1. The zero-order valence-corrected chi connectivity index (χ0v) is 17.2. The van der Waals surface area contributed by atoms with Crippen LogP contribution in [0.2, 0.25) is 5.02 Å². The number of nitrogens with zero attached hydrogens (tertiary/aromatic N) is 4. The Hall–Kier alpha value is -3.19. The van der Waals surface area contributed by atoms with Crippen LogP contribution in [0.3, 0.4) is 0 Å². The molecule has 7 nitrogen and oxygen atoms in total. The van der Waals surface area contributed by atoms with Crippen molar-refractivity contribution in [1.82, 2.24) is 24.5 Å². The maximum Gasteiger partial charge on any atom is 0.253 e. The minimum absolute atomic E-state index is 0.186. The van der Waals surface area contributed by atoms with Crippen molar-refractivity contribution in [2.75, 3.05) is 5.32 Å². The van der Waals surface area contributed by atoms with Crippen molar-refractivity contribution in [2.45, 2.75) is 32.4 Å². The molecule has 0 radical (unpaired) electrons. The van der Waals surface area contributed by atoms with Gasteiger partial charge in [0.15, 0.2) is 0 Å². The summed E-state index contributed by atoms with van der Waals surface area (Å²) in [5, 5.41) is 4.65. The molecule has 0 unspecified atom stereocenters. The normalized spacial score (nSPS) is 14.7. The molecule has 5 rings (SSSR count). The SMILES string of the molecule is C[C@H](Nc1nccc(-c2cncn2CC2CC2)n1)c1cc2cccc(Cl)c2[nH]c1=O. The van der Waals surface area contributed by atoms with Crippen LogP contribution in [-0.2, 0) is 6.54 Å². The van der Waals surface area contributed by atoms with Crippen LogP contribution in [0.25, 0.3) is 22.3 Å². The van der Waals surface area contributed by atoms with Crippen LogP contribution in [0.4, 0.5) is 5.95 Å². The first-order chi connectivity index (χ1) is 14.6. The third-order valence-electron chi connectivity index (χ3n) is 5.45. The molecule has 8 heteroatoms. The molecule has 2 N–H and O–H groups in total. The number of halogens is 1. The quantitative estimate of drug-likeness (QED) is 0.482. The highest BCUT2D eigenvalue weighted by Gasteiger charge is 2.23. The van der Waals surface area contributed by atoms with E-state index < -0.39 is 0 Å². The van der Waals surface area contributed by atoms with E-state index in [-0.39, 0.29) is 11.6 Å². The Bertz CT molecular complexity index is 1280. The van der Waals surface area contributed by atoms with Crippen LogP contribution in [0.1, 0.15) is 31.4 Å². The molecule has 152 valence electrons. The molecule has 30 heavy (non-hydrogen) atoms. The van der Waals surface area contributed by atoms with Crippen LogP contribution >= 0.6 is 11.6 Å². The first-order valence-corrected chi connectivity index (χ1v) is 10.4. The molecule has 1 atom stereocenters. The number of H-pyrrole nitrogens is 1. The average molecular weight is 421 g/mol. The van der Waals surface area contributed by atoms with Crippen LogP contribution in [0.15, 0.2) is 53.8 Å². The van der Waals surface area contributed by atoms with Gasteiger partial charge in [0.1, 0.15) is 0 Å². The van der Waals surface area contributed by atoms with E-state index >= 15 is 0 Å². The lowest BCUT2D eigenvalue weighted by Gasteiger charge is -2.15. The molecular weight excluding hydrogens is 400 g/mol. The largest absolute Gasteiger partial charge is 0.347 e. The van der Waals surface area contributed by atoms with E-state index in [0.717, 1.165) is 29.2 Å². The number of rotatable bonds is 6. The van der Waals surface area contributed by atoms with Gasteiger partial charge in [-0.25, -0.2) is 15.0 Å². The van der Waals surface area contributed by atoms with Crippen molar-refractivity contribution in [3.05, 3.63) is 70.0 Å². The summed E-state index contributed by atoms with van der Waals surface area (Å²) in [6.45, 7) is 2.88. The van der Waals surface area contributed by atoms with Gasteiger partial charge in [0.05, 0.1) is 40.5 Å². The van der Waals surface area contributed by atoms with E-state index in [9.17, 15) is 4.79 Å². The van der Waals surface area contributed by atoms with Gasteiger partial charge in [-0.2, -0.15) is 0 Å². The maximum atomic E-state index is 12.6. The van der Waals surface area contributed by atoms with Gasteiger partial charge in [-0.3, -0.25) is 4.79 Å². The summed E-state index contributed by atoms with van der Waals surface area (Å²) in [6.07, 6.45) is 7.95. The molecule has 0 spiro atoms. The molecule has 0 bridgehead atoms. The molecule has 3 heterocycles. The highest BCUT2D eigenvalue weighted by Crippen LogP contribution is 2.32.